The number of ether oxygens (including phenoxy) is 4. The van der Waals surface area contributed by atoms with Crippen molar-refractivity contribution in [3.8, 4) is 6.07 Å². The van der Waals surface area contributed by atoms with Crippen LogP contribution in [0.3, 0.4) is 0 Å². The Morgan fingerprint density at radius 1 is 0.818 bits per heavy atom. The number of hydrogen-bond acceptors (Lipinski definition) is 11. The molecule has 13 heteroatoms. The summed E-state index contributed by atoms with van der Waals surface area (Å²) in [6.45, 7) is 17.1. The summed E-state index contributed by atoms with van der Waals surface area (Å²) in [5, 5.41) is 9.05. The van der Waals surface area contributed by atoms with Gasteiger partial charge in [-0.1, -0.05) is 0 Å². The molecule has 0 aromatic carbocycles. The Morgan fingerprint density at radius 3 is 1.33 bits per heavy atom. The molecule has 33 heavy (non-hydrogen) atoms. The predicted octanol–water partition coefficient (Wildman–Crippen LogP) is 1.43. The molecular formula is C20H26N6O6Re. The molecule has 0 bridgehead atoms. The number of rotatable bonds is 4. The topological polar surface area (TPSA) is 149 Å². The Hall–Kier alpha value is -2.88. The molecule has 0 N–H and O–H groups in total. The third-order valence-electron chi connectivity index (χ3n) is 4.50. The van der Waals surface area contributed by atoms with Gasteiger partial charge in [0, 0.05) is 0 Å². The summed E-state index contributed by atoms with van der Waals surface area (Å²) < 4.78 is 38.4. The monoisotopic (exact) mass is 633 g/mol. The van der Waals surface area contributed by atoms with Gasteiger partial charge in [0.2, 0.25) is 11.8 Å². The molecule has 0 saturated heterocycles. The average Bonchev–Trinajstić information content (AvgIpc) is 3.57. The first-order chi connectivity index (χ1) is 15.8. The van der Waals surface area contributed by atoms with Crippen LogP contribution in [0.4, 0.5) is 0 Å². The van der Waals surface area contributed by atoms with Gasteiger partial charge in [0.25, 0.3) is 11.8 Å². The van der Waals surface area contributed by atoms with Gasteiger partial charge >= 0.3 is 30.9 Å². The third-order valence-corrected chi connectivity index (χ3v) is 4.50. The minimum absolute atomic E-state index is 0.121. The average molecular weight is 633 g/mol. The quantitative estimate of drug-likeness (QED) is 0.426. The summed E-state index contributed by atoms with van der Waals surface area (Å²) in [6.07, 6.45) is 0. The van der Waals surface area contributed by atoms with Crippen molar-refractivity contribution < 1.29 is 43.8 Å². The maximum absolute atomic E-state index is 9.05. The van der Waals surface area contributed by atoms with E-state index in [2.05, 4.69) is 30.9 Å². The van der Waals surface area contributed by atoms with Crippen molar-refractivity contribution >= 4 is 23.6 Å². The molecule has 0 aromatic heterocycles. The van der Waals surface area contributed by atoms with Crippen LogP contribution in [0.1, 0.15) is 27.7 Å². The van der Waals surface area contributed by atoms with Crippen LogP contribution >= 0.6 is 0 Å². The van der Waals surface area contributed by atoms with E-state index in [1.165, 1.54) is 0 Å². The summed E-state index contributed by atoms with van der Waals surface area (Å²) >= 11 is -2.17. The summed E-state index contributed by atoms with van der Waals surface area (Å²) in [5.74, 6) is 1.21. The van der Waals surface area contributed by atoms with Crippen LogP contribution in [0.25, 0.3) is 4.85 Å². The summed E-state index contributed by atoms with van der Waals surface area (Å²) in [7, 11) is 0. The Morgan fingerprint density at radius 2 is 1.12 bits per heavy atom. The SMILES string of the molecule is C[C@@H]1COC(C(C#N)C2=N[C@H](C)CO2)=N1.[C-]#[N+]C(C1=N[C@H](C)CO1)C1=N[C@H](C)CO1.[O]=[Re]=[O]. The Kier molecular flexibility index (Phi) is 10.4. The standard InChI is InChI=1S/2C10H13N3O2.2O.Re/c1-6-4-14-9(12-6)8(11-3)10-13-7(2)5-15-10;1-6-4-14-9(12-6)8(3-11)10-13-7(2)5-15-10;;;/h2*6-8H,4-5H2,1-2H3;;;/t2*6-,7-;;;/m11.../s1. The van der Waals surface area contributed by atoms with Crippen LogP contribution in [0.15, 0.2) is 20.0 Å². The van der Waals surface area contributed by atoms with Gasteiger partial charge in [0.1, 0.15) is 26.4 Å². The molecule has 0 amide bonds. The van der Waals surface area contributed by atoms with E-state index in [9.17, 15) is 0 Å². The van der Waals surface area contributed by atoms with E-state index in [0.29, 0.717) is 50.0 Å². The molecule has 0 fully saturated rings. The molecule has 4 heterocycles. The normalized spacial score (nSPS) is 26.9. The van der Waals surface area contributed by atoms with E-state index >= 15 is 0 Å². The second-order valence-corrected chi connectivity index (χ2v) is 8.12. The zero-order valence-corrected chi connectivity index (χ0v) is 21.5. The van der Waals surface area contributed by atoms with Crippen molar-refractivity contribution in [3.63, 3.8) is 0 Å². The summed E-state index contributed by atoms with van der Waals surface area (Å²) in [4.78, 5) is 20.4. The van der Waals surface area contributed by atoms with E-state index in [1.54, 1.807) is 0 Å². The van der Waals surface area contributed by atoms with Gasteiger partial charge in [-0.25, -0.2) is 26.5 Å². The van der Waals surface area contributed by atoms with Gasteiger partial charge in [-0.15, -0.1) is 0 Å². The van der Waals surface area contributed by atoms with Crippen molar-refractivity contribution in [1.29, 1.82) is 5.26 Å². The van der Waals surface area contributed by atoms with Crippen molar-refractivity contribution in [2.24, 2.45) is 25.9 Å². The van der Waals surface area contributed by atoms with Crippen LogP contribution in [0, 0.1) is 23.8 Å². The van der Waals surface area contributed by atoms with Gasteiger partial charge in [-0.3, -0.25) is 4.85 Å². The molecule has 179 valence electrons. The fourth-order valence-electron chi connectivity index (χ4n) is 3.04. The third kappa shape index (κ3) is 7.59. The Balaban J connectivity index is 0.000000209. The molecule has 4 aliphatic heterocycles. The molecular weight excluding hydrogens is 606 g/mol. The van der Waals surface area contributed by atoms with Gasteiger partial charge < -0.3 is 18.9 Å². The van der Waals surface area contributed by atoms with E-state index < -0.39 is 29.9 Å². The Bertz CT molecular complexity index is 820. The molecule has 4 atom stereocenters. The van der Waals surface area contributed by atoms with Crippen LogP contribution in [-0.4, -0.2) is 80.2 Å². The zero-order chi connectivity index (χ0) is 24.4. The van der Waals surface area contributed by atoms with Gasteiger partial charge in [-0.2, -0.15) is 5.26 Å². The Labute approximate surface area is 200 Å². The van der Waals surface area contributed by atoms with Gasteiger partial charge in [-0.05, 0) is 27.7 Å². The molecule has 0 radical (unpaired) electrons. The molecule has 4 aliphatic rings. The first-order valence-electron chi connectivity index (χ1n) is 10.3. The van der Waals surface area contributed by atoms with Crippen molar-refractivity contribution in [3.05, 3.63) is 11.4 Å². The number of aliphatic imine (C=N–C) groups is 4. The van der Waals surface area contributed by atoms with E-state index in [4.69, 9.17) is 37.7 Å². The maximum atomic E-state index is 9.05. The van der Waals surface area contributed by atoms with Crippen molar-refractivity contribution in [2.45, 2.75) is 57.9 Å². The summed E-state index contributed by atoms with van der Waals surface area (Å²) in [6, 6.07) is 2.03. The van der Waals surface area contributed by atoms with E-state index in [1.807, 2.05) is 27.7 Å². The van der Waals surface area contributed by atoms with Crippen LogP contribution in [0.2, 0.25) is 0 Å². The number of nitriles is 1. The molecule has 0 aliphatic carbocycles. The molecule has 0 unspecified atom stereocenters. The molecule has 0 spiro atoms. The first-order valence-corrected chi connectivity index (χ1v) is 12.5. The second-order valence-electron chi connectivity index (χ2n) is 7.67. The fraction of sp³-hybridized carbons (Fsp3) is 0.700. The van der Waals surface area contributed by atoms with E-state index in [0.717, 1.165) is 0 Å². The van der Waals surface area contributed by atoms with Crippen LogP contribution in [-0.2, 0) is 43.8 Å². The van der Waals surface area contributed by atoms with Gasteiger partial charge in [0.15, 0.2) is 5.92 Å². The first kappa shape index (κ1) is 26.4. The fourth-order valence-corrected chi connectivity index (χ4v) is 3.04. The number of nitrogens with zero attached hydrogens (tertiary/aromatic N) is 6. The molecule has 0 aromatic rings. The molecule has 0 saturated carbocycles. The number of hydrogen-bond donors (Lipinski definition) is 0. The zero-order valence-electron chi connectivity index (χ0n) is 18.8. The van der Waals surface area contributed by atoms with Crippen molar-refractivity contribution in [1.82, 2.24) is 0 Å². The second kappa shape index (κ2) is 13.0. The molecule has 4 rings (SSSR count). The van der Waals surface area contributed by atoms with E-state index in [-0.39, 0.29) is 24.2 Å². The minimum atomic E-state index is -2.17. The van der Waals surface area contributed by atoms with Crippen molar-refractivity contribution in [2.75, 3.05) is 26.4 Å². The van der Waals surface area contributed by atoms with Crippen LogP contribution < -0.4 is 0 Å². The summed E-state index contributed by atoms with van der Waals surface area (Å²) in [5.41, 5.74) is 0. The van der Waals surface area contributed by atoms with Gasteiger partial charge in [0.05, 0.1) is 30.2 Å². The van der Waals surface area contributed by atoms with Crippen LogP contribution in [0.5, 0.6) is 0 Å². The predicted molar refractivity (Wildman–Crippen MR) is 112 cm³/mol. The molecule has 12 nitrogen and oxygen atoms in total.